The van der Waals surface area contributed by atoms with Gasteiger partial charge in [-0.2, -0.15) is 5.26 Å². The highest BCUT2D eigenvalue weighted by atomic mass is 16.6. The van der Waals surface area contributed by atoms with E-state index in [-0.39, 0.29) is 6.54 Å². The molecule has 1 aromatic rings. The van der Waals surface area contributed by atoms with Crippen LogP contribution in [0.3, 0.4) is 0 Å². The van der Waals surface area contributed by atoms with E-state index < -0.39 is 23.6 Å². The number of imide groups is 1. The number of carbonyl (C=O) groups is 3. The number of ether oxygens (including phenoxy) is 1. The molecule has 1 fully saturated rings. The second kappa shape index (κ2) is 11.3. The Labute approximate surface area is 183 Å². The summed E-state index contributed by atoms with van der Waals surface area (Å²) >= 11 is 0. The summed E-state index contributed by atoms with van der Waals surface area (Å²) < 4.78 is 5.21. The van der Waals surface area contributed by atoms with Gasteiger partial charge in [0.15, 0.2) is 0 Å². The average molecular weight is 429 g/mol. The lowest BCUT2D eigenvalue weighted by molar-refractivity contribution is 0.0635. The van der Waals surface area contributed by atoms with Gasteiger partial charge in [0.2, 0.25) is 0 Å². The van der Waals surface area contributed by atoms with E-state index in [1.54, 1.807) is 45.0 Å². The quantitative estimate of drug-likeness (QED) is 0.639. The largest absolute Gasteiger partial charge is 0.444 e. The first-order valence-electron chi connectivity index (χ1n) is 10.8. The Morgan fingerprint density at radius 1 is 1.13 bits per heavy atom. The topological polar surface area (TPSA) is 112 Å². The molecule has 1 aliphatic rings. The van der Waals surface area contributed by atoms with Crippen molar-refractivity contribution in [2.75, 3.05) is 18.4 Å². The summed E-state index contributed by atoms with van der Waals surface area (Å²) in [6.45, 7) is 5.46. The van der Waals surface area contributed by atoms with Crippen LogP contribution < -0.4 is 10.6 Å². The number of rotatable bonds is 6. The van der Waals surface area contributed by atoms with Crippen molar-refractivity contribution >= 4 is 23.7 Å². The van der Waals surface area contributed by atoms with Gasteiger partial charge >= 0.3 is 12.1 Å². The van der Waals surface area contributed by atoms with Gasteiger partial charge in [0.05, 0.1) is 6.07 Å². The molecule has 168 valence electrons. The van der Waals surface area contributed by atoms with Crippen LogP contribution in [-0.2, 0) is 4.74 Å². The van der Waals surface area contributed by atoms with Crippen LogP contribution in [0.2, 0.25) is 0 Å². The zero-order chi connectivity index (χ0) is 22.9. The number of benzene rings is 1. The molecule has 2 N–H and O–H groups in total. The molecular weight excluding hydrogens is 396 g/mol. The zero-order valence-electron chi connectivity index (χ0n) is 18.6. The number of carbonyl (C=O) groups excluding carboxylic acids is 3. The number of nitrogens with one attached hydrogen (secondary N) is 2. The summed E-state index contributed by atoms with van der Waals surface area (Å²) in [5, 5.41) is 13.8. The molecule has 0 saturated heterocycles. The first-order valence-corrected chi connectivity index (χ1v) is 10.8. The van der Waals surface area contributed by atoms with E-state index in [0.717, 1.165) is 19.3 Å². The molecule has 0 radical (unpaired) electrons. The third-order valence-corrected chi connectivity index (χ3v) is 5.07. The molecule has 0 aliphatic heterocycles. The molecule has 1 aromatic carbocycles. The molecule has 1 saturated carbocycles. The standard InChI is InChI=1S/C23H32N4O4/c1-23(2,3)31-22(30)26-19-11-9-18(10-12-19)20(28)27(21(29)25-15-14-24)16-13-17-7-5-4-6-8-17/h9-12,17H,4-8,13,15-16H2,1-3H3,(H,25,29)(H,26,30). The number of hydrogen-bond donors (Lipinski definition) is 2. The Hall–Kier alpha value is -3.08. The van der Waals surface area contributed by atoms with Crippen molar-refractivity contribution in [3.8, 4) is 6.07 Å². The minimum atomic E-state index is -0.615. The van der Waals surface area contributed by atoms with Gasteiger partial charge in [-0.3, -0.25) is 15.0 Å². The summed E-state index contributed by atoms with van der Waals surface area (Å²) in [4.78, 5) is 38.6. The fraction of sp³-hybridized carbons (Fsp3) is 0.565. The van der Waals surface area contributed by atoms with Crippen molar-refractivity contribution < 1.29 is 19.1 Å². The van der Waals surface area contributed by atoms with Crippen molar-refractivity contribution in [1.29, 1.82) is 5.26 Å². The molecule has 8 heteroatoms. The second-order valence-corrected chi connectivity index (χ2v) is 8.77. The lowest BCUT2D eigenvalue weighted by Crippen LogP contribution is -2.45. The Bertz CT molecular complexity index is 802. The van der Waals surface area contributed by atoms with Crippen LogP contribution in [0.4, 0.5) is 15.3 Å². The van der Waals surface area contributed by atoms with E-state index in [0.29, 0.717) is 23.7 Å². The number of urea groups is 1. The van der Waals surface area contributed by atoms with Gasteiger partial charge in [-0.05, 0) is 57.4 Å². The highest BCUT2D eigenvalue weighted by Crippen LogP contribution is 2.26. The summed E-state index contributed by atoms with van der Waals surface area (Å²) in [5.41, 5.74) is 0.189. The van der Waals surface area contributed by atoms with Gasteiger partial charge in [0.1, 0.15) is 12.1 Å². The minimum absolute atomic E-state index is 0.162. The Balaban J connectivity index is 2.05. The molecule has 2 rings (SSSR count). The number of amides is 4. The number of hydrogen-bond acceptors (Lipinski definition) is 5. The number of nitrogens with zero attached hydrogens (tertiary/aromatic N) is 2. The van der Waals surface area contributed by atoms with Gasteiger partial charge in [-0.15, -0.1) is 0 Å². The van der Waals surface area contributed by atoms with Crippen LogP contribution in [0.1, 0.15) is 69.7 Å². The lowest BCUT2D eigenvalue weighted by Gasteiger charge is -2.26. The van der Waals surface area contributed by atoms with Crippen LogP contribution in [0.25, 0.3) is 0 Å². The molecule has 0 bridgehead atoms. The van der Waals surface area contributed by atoms with E-state index in [1.807, 2.05) is 6.07 Å². The monoisotopic (exact) mass is 428 g/mol. The smallest absolute Gasteiger partial charge is 0.412 e. The molecule has 4 amide bonds. The Kier molecular flexibility index (Phi) is 8.86. The summed E-state index contributed by atoms with van der Waals surface area (Å²) in [6, 6.07) is 7.57. The number of nitriles is 1. The zero-order valence-corrected chi connectivity index (χ0v) is 18.6. The average Bonchev–Trinajstić information content (AvgIpc) is 2.72. The molecule has 0 aromatic heterocycles. The van der Waals surface area contributed by atoms with E-state index in [1.165, 1.54) is 24.2 Å². The molecular formula is C23H32N4O4. The number of anilines is 1. The van der Waals surface area contributed by atoms with Gasteiger partial charge in [-0.25, -0.2) is 9.59 Å². The maximum atomic E-state index is 13.0. The normalized spacial score (nSPS) is 14.3. The molecule has 0 heterocycles. The molecule has 31 heavy (non-hydrogen) atoms. The summed E-state index contributed by atoms with van der Waals surface area (Å²) in [7, 11) is 0. The molecule has 1 aliphatic carbocycles. The highest BCUT2D eigenvalue weighted by molar-refractivity contribution is 6.04. The van der Waals surface area contributed by atoms with E-state index in [2.05, 4.69) is 10.6 Å². The van der Waals surface area contributed by atoms with Crippen molar-refractivity contribution in [1.82, 2.24) is 10.2 Å². The lowest BCUT2D eigenvalue weighted by atomic mass is 9.87. The van der Waals surface area contributed by atoms with Crippen LogP contribution in [0.5, 0.6) is 0 Å². The predicted molar refractivity (Wildman–Crippen MR) is 118 cm³/mol. The first kappa shape index (κ1) is 24.2. The second-order valence-electron chi connectivity index (χ2n) is 8.77. The SMILES string of the molecule is CC(C)(C)OC(=O)Nc1ccc(C(=O)N(CCC2CCCCC2)C(=O)NCC#N)cc1. The minimum Gasteiger partial charge on any atom is -0.444 e. The third kappa shape index (κ3) is 8.28. The van der Waals surface area contributed by atoms with E-state index in [4.69, 9.17) is 10.00 Å². The van der Waals surface area contributed by atoms with Crippen LogP contribution in [0, 0.1) is 17.2 Å². The van der Waals surface area contributed by atoms with E-state index in [9.17, 15) is 14.4 Å². The summed E-state index contributed by atoms with van der Waals surface area (Å²) in [6.07, 6.45) is 6.02. The van der Waals surface area contributed by atoms with Crippen molar-refractivity contribution in [3.63, 3.8) is 0 Å². The van der Waals surface area contributed by atoms with Crippen molar-refractivity contribution in [2.24, 2.45) is 5.92 Å². The molecule has 0 atom stereocenters. The fourth-order valence-corrected chi connectivity index (χ4v) is 3.57. The molecule has 8 nitrogen and oxygen atoms in total. The Morgan fingerprint density at radius 2 is 1.77 bits per heavy atom. The van der Waals surface area contributed by atoms with Gasteiger partial charge in [-0.1, -0.05) is 32.1 Å². The van der Waals surface area contributed by atoms with Crippen molar-refractivity contribution in [3.05, 3.63) is 29.8 Å². The highest BCUT2D eigenvalue weighted by Gasteiger charge is 2.25. The van der Waals surface area contributed by atoms with Crippen molar-refractivity contribution in [2.45, 2.75) is 64.9 Å². The Morgan fingerprint density at radius 3 is 2.35 bits per heavy atom. The van der Waals surface area contributed by atoms with E-state index >= 15 is 0 Å². The fourth-order valence-electron chi connectivity index (χ4n) is 3.57. The van der Waals surface area contributed by atoms with Crippen LogP contribution in [-0.4, -0.2) is 41.6 Å². The maximum Gasteiger partial charge on any atom is 0.412 e. The van der Waals surface area contributed by atoms with Gasteiger partial charge in [0.25, 0.3) is 5.91 Å². The summed E-state index contributed by atoms with van der Waals surface area (Å²) in [5.74, 6) is 0.0725. The molecule has 0 spiro atoms. The maximum absolute atomic E-state index is 13.0. The predicted octanol–water partition coefficient (Wildman–Crippen LogP) is 4.68. The van der Waals surface area contributed by atoms with Crippen LogP contribution >= 0.6 is 0 Å². The molecule has 0 unspecified atom stereocenters. The van der Waals surface area contributed by atoms with Gasteiger partial charge in [0, 0.05) is 17.8 Å². The van der Waals surface area contributed by atoms with Gasteiger partial charge < -0.3 is 10.1 Å². The first-order chi connectivity index (χ1) is 14.7. The third-order valence-electron chi connectivity index (χ3n) is 5.07. The van der Waals surface area contributed by atoms with Crippen LogP contribution in [0.15, 0.2) is 24.3 Å².